The van der Waals surface area contributed by atoms with Crippen molar-refractivity contribution in [3.05, 3.63) is 23.8 Å². The molecule has 0 atom stereocenters. The predicted molar refractivity (Wildman–Crippen MR) is 75.4 cm³/mol. The molecule has 0 N–H and O–H groups in total. The third-order valence-electron chi connectivity index (χ3n) is 3.74. The Bertz CT molecular complexity index is 574. The fourth-order valence-corrected chi connectivity index (χ4v) is 2.57. The molecule has 0 unspecified atom stereocenters. The van der Waals surface area contributed by atoms with Gasteiger partial charge in [-0.05, 0) is 18.2 Å². The van der Waals surface area contributed by atoms with Crippen LogP contribution in [0.25, 0.3) is 0 Å². The lowest BCUT2D eigenvalue weighted by Gasteiger charge is -2.33. The second-order valence-corrected chi connectivity index (χ2v) is 5.08. The van der Waals surface area contributed by atoms with E-state index in [0.717, 1.165) is 13.1 Å². The molecular weight excluding hydrogens is 270 g/mol. The first kappa shape index (κ1) is 13.7. The Morgan fingerprint density at radius 1 is 1.14 bits per heavy atom. The molecule has 0 radical (unpaired) electrons. The zero-order valence-electron chi connectivity index (χ0n) is 11.7. The summed E-state index contributed by atoms with van der Waals surface area (Å²) < 4.78 is 11.0. The van der Waals surface area contributed by atoms with E-state index in [1.165, 1.54) is 0 Å². The molecule has 110 valence electrons. The molecule has 2 heterocycles. The maximum Gasteiger partial charge on any atom is 0.254 e. The number of benzene rings is 1. The number of hydrogen-bond donors (Lipinski definition) is 0. The summed E-state index contributed by atoms with van der Waals surface area (Å²) in [5, 5.41) is 8.69. The summed E-state index contributed by atoms with van der Waals surface area (Å²) >= 11 is 0. The largest absolute Gasteiger partial charge is 0.486 e. The molecule has 3 rings (SSSR count). The highest BCUT2D eigenvalue weighted by molar-refractivity contribution is 5.95. The summed E-state index contributed by atoms with van der Waals surface area (Å²) in [6.07, 6.45) is 0. The van der Waals surface area contributed by atoms with Crippen molar-refractivity contribution >= 4 is 5.91 Å². The second-order valence-electron chi connectivity index (χ2n) is 5.08. The van der Waals surface area contributed by atoms with Crippen LogP contribution >= 0.6 is 0 Å². The molecule has 0 saturated carbocycles. The van der Waals surface area contributed by atoms with Crippen molar-refractivity contribution in [3.63, 3.8) is 0 Å². The van der Waals surface area contributed by atoms with Crippen molar-refractivity contribution in [2.75, 3.05) is 45.9 Å². The first-order valence-electron chi connectivity index (χ1n) is 7.06. The molecule has 0 aliphatic carbocycles. The zero-order chi connectivity index (χ0) is 14.7. The average Bonchev–Trinajstić information content (AvgIpc) is 2.55. The third-order valence-corrected chi connectivity index (χ3v) is 3.74. The van der Waals surface area contributed by atoms with Crippen LogP contribution in [-0.4, -0.2) is 61.6 Å². The molecule has 0 bridgehead atoms. The van der Waals surface area contributed by atoms with Gasteiger partial charge in [-0.15, -0.1) is 0 Å². The van der Waals surface area contributed by atoms with Gasteiger partial charge in [0, 0.05) is 31.7 Å². The fraction of sp³-hybridized carbons (Fsp3) is 0.467. The summed E-state index contributed by atoms with van der Waals surface area (Å²) in [6, 6.07) is 7.45. The maximum atomic E-state index is 12.5. The average molecular weight is 287 g/mol. The van der Waals surface area contributed by atoms with E-state index in [9.17, 15) is 4.79 Å². The minimum absolute atomic E-state index is 0.00332. The van der Waals surface area contributed by atoms with Gasteiger partial charge in [-0.3, -0.25) is 9.69 Å². The van der Waals surface area contributed by atoms with Gasteiger partial charge in [0.2, 0.25) is 0 Å². The quantitative estimate of drug-likeness (QED) is 0.751. The highest BCUT2D eigenvalue weighted by atomic mass is 16.6. The van der Waals surface area contributed by atoms with E-state index in [2.05, 4.69) is 6.07 Å². The summed E-state index contributed by atoms with van der Waals surface area (Å²) in [5.74, 6) is 1.33. The number of nitriles is 1. The first-order valence-corrected chi connectivity index (χ1v) is 7.06. The van der Waals surface area contributed by atoms with Gasteiger partial charge in [0.15, 0.2) is 11.5 Å². The molecule has 1 aromatic rings. The van der Waals surface area contributed by atoms with Crippen LogP contribution < -0.4 is 9.47 Å². The topological polar surface area (TPSA) is 65.8 Å². The highest BCUT2D eigenvalue weighted by Crippen LogP contribution is 2.31. The summed E-state index contributed by atoms with van der Waals surface area (Å²) in [7, 11) is 0. The van der Waals surface area contributed by atoms with Crippen LogP contribution in [0.4, 0.5) is 0 Å². The molecule has 6 heteroatoms. The van der Waals surface area contributed by atoms with Crippen LogP contribution in [-0.2, 0) is 0 Å². The van der Waals surface area contributed by atoms with Crippen molar-refractivity contribution in [2.45, 2.75) is 0 Å². The highest BCUT2D eigenvalue weighted by Gasteiger charge is 2.23. The van der Waals surface area contributed by atoms with Crippen LogP contribution in [0, 0.1) is 11.3 Å². The van der Waals surface area contributed by atoms with Crippen LogP contribution in [0.3, 0.4) is 0 Å². The molecule has 1 amide bonds. The Morgan fingerprint density at radius 3 is 2.57 bits per heavy atom. The summed E-state index contributed by atoms with van der Waals surface area (Å²) in [5.41, 5.74) is 0.619. The fourth-order valence-electron chi connectivity index (χ4n) is 2.57. The van der Waals surface area contributed by atoms with Crippen molar-refractivity contribution in [3.8, 4) is 17.6 Å². The molecule has 1 aromatic carbocycles. The van der Waals surface area contributed by atoms with Gasteiger partial charge in [-0.25, -0.2) is 0 Å². The molecule has 1 fully saturated rings. The normalized spacial score (nSPS) is 18.1. The van der Waals surface area contributed by atoms with Gasteiger partial charge in [0.05, 0.1) is 12.6 Å². The lowest BCUT2D eigenvalue weighted by atomic mass is 10.1. The first-order chi connectivity index (χ1) is 10.3. The smallest absolute Gasteiger partial charge is 0.254 e. The molecule has 2 aliphatic rings. The Hall–Kier alpha value is -2.26. The lowest BCUT2D eigenvalue weighted by molar-refractivity contribution is 0.0651. The monoisotopic (exact) mass is 287 g/mol. The van der Waals surface area contributed by atoms with Gasteiger partial charge in [-0.2, -0.15) is 5.26 Å². The predicted octanol–water partition coefficient (Wildman–Crippen LogP) is 0.739. The van der Waals surface area contributed by atoms with Crippen LogP contribution in [0.5, 0.6) is 11.5 Å². The number of nitrogens with zero attached hydrogens (tertiary/aromatic N) is 3. The van der Waals surface area contributed by atoms with E-state index in [1.807, 2.05) is 9.80 Å². The summed E-state index contributed by atoms with van der Waals surface area (Å²) in [6.45, 7) is 4.25. The number of carbonyl (C=O) groups excluding carboxylic acids is 1. The van der Waals surface area contributed by atoms with Gasteiger partial charge in [-0.1, -0.05) is 0 Å². The SMILES string of the molecule is N#CCN1CCN(C(=O)c2ccc3c(c2)OCCO3)CC1. The Balaban J connectivity index is 1.67. The number of rotatable bonds is 2. The lowest BCUT2D eigenvalue weighted by Crippen LogP contribution is -2.48. The zero-order valence-corrected chi connectivity index (χ0v) is 11.7. The number of ether oxygens (including phenoxy) is 2. The number of carbonyl (C=O) groups is 1. The van der Waals surface area contributed by atoms with Crippen LogP contribution in [0.15, 0.2) is 18.2 Å². The van der Waals surface area contributed by atoms with Crippen molar-refractivity contribution in [2.24, 2.45) is 0 Å². The molecular formula is C15H17N3O3. The van der Waals surface area contributed by atoms with Crippen molar-refractivity contribution in [1.82, 2.24) is 9.80 Å². The minimum Gasteiger partial charge on any atom is -0.486 e. The van der Waals surface area contributed by atoms with E-state index in [4.69, 9.17) is 14.7 Å². The molecule has 6 nitrogen and oxygen atoms in total. The van der Waals surface area contributed by atoms with E-state index in [0.29, 0.717) is 49.9 Å². The standard InChI is InChI=1S/C15H17N3O3/c16-3-4-17-5-7-18(8-6-17)15(19)12-1-2-13-14(11-12)21-10-9-20-13/h1-2,11H,4-10H2. The Labute approximate surface area is 123 Å². The van der Waals surface area contributed by atoms with E-state index < -0.39 is 0 Å². The van der Waals surface area contributed by atoms with E-state index >= 15 is 0 Å². The van der Waals surface area contributed by atoms with E-state index in [1.54, 1.807) is 18.2 Å². The maximum absolute atomic E-state index is 12.5. The number of hydrogen-bond acceptors (Lipinski definition) is 5. The molecule has 1 saturated heterocycles. The van der Waals surface area contributed by atoms with Crippen LogP contribution in [0.1, 0.15) is 10.4 Å². The Morgan fingerprint density at radius 2 is 1.86 bits per heavy atom. The van der Waals surface area contributed by atoms with Crippen molar-refractivity contribution in [1.29, 1.82) is 5.26 Å². The number of piperazine rings is 1. The van der Waals surface area contributed by atoms with Gasteiger partial charge in [0.1, 0.15) is 13.2 Å². The third kappa shape index (κ3) is 2.93. The van der Waals surface area contributed by atoms with Gasteiger partial charge >= 0.3 is 0 Å². The minimum atomic E-state index is 0.00332. The molecule has 0 aromatic heterocycles. The molecule has 2 aliphatic heterocycles. The second kappa shape index (κ2) is 6.02. The number of amides is 1. The molecule has 0 spiro atoms. The van der Waals surface area contributed by atoms with Gasteiger partial charge in [0.25, 0.3) is 5.91 Å². The van der Waals surface area contributed by atoms with Crippen LogP contribution in [0.2, 0.25) is 0 Å². The summed E-state index contributed by atoms with van der Waals surface area (Å²) in [4.78, 5) is 16.4. The van der Waals surface area contributed by atoms with E-state index in [-0.39, 0.29) is 5.91 Å². The molecule has 21 heavy (non-hydrogen) atoms. The van der Waals surface area contributed by atoms with Crippen molar-refractivity contribution < 1.29 is 14.3 Å². The number of fused-ring (bicyclic) bond motifs is 1. The Kier molecular flexibility index (Phi) is 3.93. The van der Waals surface area contributed by atoms with Gasteiger partial charge < -0.3 is 14.4 Å².